The first-order valence-electron chi connectivity index (χ1n) is 7.30. The molecule has 0 heterocycles. The number of nitrogens with two attached hydrogens (primary N) is 1. The maximum Gasteiger partial charge on any atom is 0.410 e. The molecule has 0 saturated heterocycles. The lowest BCUT2D eigenvalue weighted by Gasteiger charge is -2.38. The maximum absolute atomic E-state index is 12.3. The quantitative estimate of drug-likeness (QED) is 0.781. The summed E-state index contributed by atoms with van der Waals surface area (Å²) < 4.78 is 10.8. The van der Waals surface area contributed by atoms with Crippen LogP contribution in [-0.4, -0.2) is 48.8 Å². The van der Waals surface area contributed by atoms with E-state index in [1.54, 1.807) is 7.05 Å². The molecule has 0 aromatic heterocycles. The van der Waals surface area contributed by atoms with Crippen LogP contribution in [0, 0.1) is 5.92 Å². The predicted molar refractivity (Wildman–Crippen MR) is 81.8 cm³/mol. The summed E-state index contributed by atoms with van der Waals surface area (Å²) in [6.07, 6.45) is 0.0315. The number of carbonyl (C=O) groups is 2. The van der Waals surface area contributed by atoms with Gasteiger partial charge in [-0.3, -0.25) is 4.79 Å². The first-order valence-corrected chi connectivity index (χ1v) is 7.30. The molecule has 0 unspecified atom stereocenters. The van der Waals surface area contributed by atoms with Gasteiger partial charge in [0.05, 0.1) is 18.6 Å². The van der Waals surface area contributed by atoms with Crippen molar-refractivity contribution in [3.8, 4) is 0 Å². The monoisotopic (exact) mass is 302 g/mol. The average molecular weight is 302 g/mol. The van der Waals surface area contributed by atoms with Crippen molar-refractivity contribution in [1.82, 2.24) is 4.90 Å². The summed E-state index contributed by atoms with van der Waals surface area (Å²) in [4.78, 5) is 25.0. The van der Waals surface area contributed by atoms with Crippen LogP contribution < -0.4 is 5.73 Å². The Morgan fingerprint density at radius 1 is 1.29 bits per heavy atom. The fraction of sp³-hybridized carbons (Fsp3) is 0.867. The zero-order valence-corrected chi connectivity index (χ0v) is 14.3. The van der Waals surface area contributed by atoms with Crippen molar-refractivity contribution < 1.29 is 19.1 Å². The lowest BCUT2D eigenvalue weighted by molar-refractivity contribution is -0.122. The summed E-state index contributed by atoms with van der Waals surface area (Å²) in [7, 11) is 3.18. The molecular formula is C15H30N2O4. The molecule has 2 N–H and O–H groups in total. The molecule has 0 saturated carbocycles. The molecule has 6 nitrogen and oxygen atoms in total. The van der Waals surface area contributed by atoms with Crippen LogP contribution >= 0.6 is 0 Å². The number of primary amides is 1. The number of carbonyl (C=O) groups excluding carboxylic acids is 2. The SMILES string of the molecule is CC[C@H](C)[C@@H]([C@@H](CC(N)=O)OC)N(C)C(=O)OC(C)(C)C. The van der Waals surface area contributed by atoms with Crippen LogP contribution in [-0.2, 0) is 14.3 Å². The van der Waals surface area contributed by atoms with Gasteiger partial charge in [0.15, 0.2) is 0 Å². The van der Waals surface area contributed by atoms with Gasteiger partial charge in [-0.1, -0.05) is 20.3 Å². The van der Waals surface area contributed by atoms with Crippen molar-refractivity contribution in [3.63, 3.8) is 0 Å². The van der Waals surface area contributed by atoms with E-state index in [1.807, 2.05) is 34.6 Å². The van der Waals surface area contributed by atoms with Crippen LogP contribution in [0.15, 0.2) is 0 Å². The molecule has 0 radical (unpaired) electrons. The third-order valence-electron chi connectivity index (χ3n) is 3.44. The standard InChI is InChI=1S/C15H30N2O4/c1-8-10(2)13(11(20-7)9-12(16)18)17(6)14(19)21-15(3,4)5/h10-11,13H,8-9H2,1-7H3,(H2,16,18)/t10-,11+,13-/m0/s1. The number of methoxy groups -OCH3 is 1. The number of hydrogen-bond donors (Lipinski definition) is 1. The molecule has 0 bridgehead atoms. The Balaban J connectivity index is 5.20. The van der Waals surface area contributed by atoms with E-state index in [-0.39, 0.29) is 18.4 Å². The summed E-state index contributed by atoms with van der Waals surface area (Å²) in [5, 5.41) is 0. The summed E-state index contributed by atoms with van der Waals surface area (Å²) in [5.74, 6) is -0.306. The van der Waals surface area contributed by atoms with Crippen molar-refractivity contribution >= 4 is 12.0 Å². The normalized spacial score (nSPS) is 16.0. The molecule has 0 rings (SSSR count). The van der Waals surface area contributed by atoms with E-state index in [1.165, 1.54) is 12.0 Å². The van der Waals surface area contributed by atoms with E-state index in [2.05, 4.69) is 0 Å². The molecule has 0 aliphatic rings. The number of hydrogen-bond acceptors (Lipinski definition) is 4. The predicted octanol–water partition coefficient (Wildman–Crippen LogP) is 2.16. The van der Waals surface area contributed by atoms with Gasteiger partial charge >= 0.3 is 6.09 Å². The van der Waals surface area contributed by atoms with E-state index >= 15 is 0 Å². The van der Waals surface area contributed by atoms with Gasteiger partial charge in [0.1, 0.15) is 5.60 Å². The summed E-state index contributed by atoms with van der Waals surface area (Å²) >= 11 is 0. The van der Waals surface area contributed by atoms with Crippen LogP contribution in [0.4, 0.5) is 4.79 Å². The lowest BCUT2D eigenvalue weighted by atomic mass is 9.91. The van der Waals surface area contributed by atoms with E-state index in [9.17, 15) is 9.59 Å². The molecule has 0 spiro atoms. The minimum Gasteiger partial charge on any atom is -0.444 e. The van der Waals surface area contributed by atoms with Crippen molar-refractivity contribution in [2.75, 3.05) is 14.2 Å². The van der Waals surface area contributed by atoms with Gasteiger partial charge in [0, 0.05) is 14.2 Å². The van der Waals surface area contributed by atoms with E-state index < -0.39 is 23.7 Å². The maximum atomic E-state index is 12.3. The van der Waals surface area contributed by atoms with Gasteiger partial charge in [-0.15, -0.1) is 0 Å². The number of amides is 2. The Hall–Kier alpha value is -1.30. The molecule has 0 aliphatic carbocycles. The Bertz CT molecular complexity index is 352. The van der Waals surface area contributed by atoms with Crippen molar-refractivity contribution in [1.29, 1.82) is 0 Å². The van der Waals surface area contributed by atoms with E-state index in [0.717, 1.165) is 6.42 Å². The van der Waals surface area contributed by atoms with Crippen molar-refractivity contribution in [3.05, 3.63) is 0 Å². The topological polar surface area (TPSA) is 81.9 Å². The van der Waals surface area contributed by atoms with Gasteiger partial charge in [0.25, 0.3) is 0 Å². The van der Waals surface area contributed by atoms with E-state index in [4.69, 9.17) is 15.2 Å². The molecular weight excluding hydrogens is 272 g/mol. The zero-order valence-electron chi connectivity index (χ0n) is 14.3. The fourth-order valence-electron chi connectivity index (χ4n) is 2.24. The second-order valence-corrected chi connectivity index (χ2v) is 6.41. The second kappa shape index (κ2) is 8.22. The van der Waals surface area contributed by atoms with Gasteiger partial charge in [0.2, 0.25) is 5.91 Å². The molecule has 2 amide bonds. The number of likely N-dealkylation sites (N-methyl/N-ethyl adjacent to an activating group) is 1. The van der Waals surface area contributed by atoms with E-state index in [0.29, 0.717) is 0 Å². The first kappa shape index (κ1) is 19.7. The second-order valence-electron chi connectivity index (χ2n) is 6.41. The van der Waals surface area contributed by atoms with Gasteiger partial charge in [-0.05, 0) is 26.7 Å². The van der Waals surface area contributed by atoms with Crippen LogP contribution in [0.2, 0.25) is 0 Å². The Morgan fingerprint density at radius 2 is 1.81 bits per heavy atom. The van der Waals surface area contributed by atoms with Crippen molar-refractivity contribution in [2.45, 2.75) is 65.2 Å². The average Bonchev–Trinajstić information content (AvgIpc) is 2.34. The third kappa shape index (κ3) is 6.80. The Kier molecular flexibility index (Phi) is 7.71. The highest BCUT2D eigenvalue weighted by Gasteiger charge is 2.35. The number of nitrogens with zero attached hydrogens (tertiary/aromatic N) is 1. The number of ether oxygens (including phenoxy) is 2. The molecule has 3 atom stereocenters. The van der Waals surface area contributed by atoms with Gasteiger partial charge in [-0.25, -0.2) is 4.79 Å². The minimum absolute atomic E-state index is 0.0681. The molecule has 6 heteroatoms. The molecule has 124 valence electrons. The highest BCUT2D eigenvalue weighted by Crippen LogP contribution is 2.23. The molecule has 21 heavy (non-hydrogen) atoms. The highest BCUT2D eigenvalue weighted by atomic mass is 16.6. The highest BCUT2D eigenvalue weighted by molar-refractivity contribution is 5.74. The number of rotatable bonds is 7. The lowest BCUT2D eigenvalue weighted by Crippen LogP contribution is -2.51. The smallest absolute Gasteiger partial charge is 0.410 e. The van der Waals surface area contributed by atoms with Gasteiger partial charge in [-0.2, -0.15) is 0 Å². The van der Waals surface area contributed by atoms with Crippen LogP contribution in [0.25, 0.3) is 0 Å². The molecule has 0 aromatic rings. The van der Waals surface area contributed by atoms with Crippen LogP contribution in [0.3, 0.4) is 0 Å². The molecule has 0 aromatic carbocycles. The Labute approximate surface area is 127 Å². The van der Waals surface area contributed by atoms with Crippen molar-refractivity contribution in [2.24, 2.45) is 11.7 Å². The summed E-state index contributed by atoms with van der Waals surface area (Å²) in [5.41, 5.74) is 4.70. The van der Waals surface area contributed by atoms with Crippen LogP contribution in [0.5, 0.6) is 0 Å². The molecule has 0 aliphatic heterocycles. The first-order chi connectivity index (χ1) is 9.53. The minimum atomic E-state index is -0.572. The zero-order chi connectivity index (χ0) is 16.8. The Morgan fingerprint density at radius 3 is 2.14 bits per heavy atom. The molecule has 0 fully saturated rings. The largest absolute Gasteiger partial charge is 0.444 e. The van der Waals surface area contributed by atoms with Crippen LogP contribution in [0.1, 0.15) is 47.5 Å². The summed E-state index contributed by atoms with van der Waals surface area (Å²) in [6, 6.07) is -0.276. The fourth-order valence-corrected chi connectivity index (χ4v) is 2.24. The third-order valence-corrected chi connectivity index (χ3v) is 3.44. The summed E-state index contributed by atoms with van der Waals surface area (Å²) in [6.45, 7) is 9.48. The van der Waals surface area contributed by atoms with Gasteiger partial charge < -0.3 is 20.1 Å².